The third-order valence-electron chi connectivity index (χ3n) is 5.29. The highest BCUT2D eigenvalue weighted by atomic mass is 127. The summed E-state index contributed by atoms with van der Waals surface area (Å²) in [5.74, 6) is 1.18. The predicted octanol–water partition coefficient (Wildman–Crippen LogP) is 2.74. The monoisotopic (exact) mass is 557 g/mol. The number of nitrogens with zero attached hydrogens (tertiary/aromatic N) is 4. The molecule has 1 aliphatic heterocycles. The third-order valence-corrected chi connectivity index (χ3v) is 5.88. The molecule has 1 saturated heterocycles. The van der Waals surface area contributed by atoms with Gasteiger partial charge < -0.3 is 19.9 Å². The zero-order valence-electron chi connectivity index (χ0n) is 18.0. The lowest BCUT2D eigenvalue weighted by Gasteiger charge is -2.35. The molecule has 4 rings (SSSR count). The van der Waals surface area contributed by atoms with Crippen LogP contribution in [0.2, 0.25) is 0 Å². The minimum atomic E-state index is -0.299. The van der Waals surface area contributed by atoms with E-state index in [1.54, 1.807) is 23.4 Å². The van der Waals surface area contributed by atoms with Gasteiger partial charge in [0, 0.05) is 42.1 Å². The molecule has 1 fully saturated rings. The van der Waals surface area contributed by atoms with E-state index in [4.69, 9.17) is 4.74 Å². The smallest absolute Gasteiger partial charge is 0.253 e. The minimum Gasteiger partial charge on any atom is -0.487 e. The molecule has 0 saturated carbocycles. The summed E-state index contributed by atoms with van der Waals surface area (Å²) in [5, 5.41) is 2.68. The number of hydrogen-bond acceptors (Lipinski definition) is 6. The molecule has 0 radical (unpaired) electrons. The van der Waals surface area contributed by atoms with E-state index < -0.39 is 0 Å². The van der Waals surface area contributed by atoms with Gasteiger partial charge in [-0.25, -0.2) is 4.98 Å². The van der Waals surface area contributed by atoms with Crippen molar-refractivity contribution in [2.75, 3.05) is 37.6 Å². The first-order chi connectivity index (χ1) is 16.1. The number of benzene rings is 1. The summed E-state index contributed by atoms with van der Waals surface area (Å²) in [5.41, 5.74) is 1.55. The van der Waals surface area contributed by atoms with Gasteiger partial charge in [0.2, 0.25) is 5.91 Å². The summed E-state index contributed by atoms with van der Waals surface area (Å²) in [6.07, 6.45) is 4.89. The number of carbonyl (C=O) groups is 2. The van der Waals surface area contributed by atoms with Crippen LogP contribution in [0.4, 0.5) is 5.82 Å². The Labute approximate surface area is 206 Å². The van der Waals surface area contributed by atoms with Crippen LogP contribution in [0, 0.1) is 3.57 Å². The van der Waals surface area contributed by atoms with E-state index in [0.717, 1.165) is 20.7 Å². The van der Waals surface area contributed by atoms with Crippen LogP contribution < -0.4 is 15.0 Å². The van der Waals surface area contributed by atoms with Crippen molar-refractivity contribution in [1.82, 2.24) is 20.2 Å². The molecule has 0 aliphatic carbocycles. The molecule has 33 heavy (non-hydrogen) atoms. The number of halogens is 1. The van der Waals surface area contributed by atoms with Crippen molar-refractivity contribution < 1.29 is 14.3 Å². The van der Waals surface area contributed by atoms with E-state index >= 15 is 0 Å². The SMILES string of the molecule is O=C(NCC(=O)N1CCN(c2ccc(OCc3ccccc3)cn2)CC1)c1cncc(I)c1. The fourth-order valence-electron chi connectivity index (χ4n) is 3.48. The molecule has 8 nitrogen and oxygen atoms in total. The van der Waals surface area contributed by atoms with Crippen LogP contribution in [0.3, 0.4) is 0 Å². The normalized spacial score (nSPS) is 13.5. The Morgan fingerprint density at radius 1 is 1.00 bits per heavy atom. The molecule has 3 heterocycles. The maximum absolute atomic E-state index is 12.5. The van der Waals surface area contributed by atoms with E-state index in [2.05, 4.69) is 42.8 Å². The van der Waals surface area contributed by atoms with Gasteiger partial charge in [0.1, 0.15) is 18.2 Å². The standard InChI is InChI=1S/C24H24IN5O3/c25-20-12-19(13-26-14-20)24(32)28-16-23(31)30-10-8-29(9-11-30)22-7-6-21(15-27-22)33-17-18-4-2-1-3-5-18/h1-7,12-15H,8-11,16-17H2,(H,28,32). The summed E-state index contributed by atoms with van der Waals surface area (Å²) in [4.78, 5) is 37.2. The molecule has 9 heteroatoms. The highest BCUT2D eigenvalue weighted by Gasteiger charge is 2.22. The first-order valence-corrected chi connectivity index (χ1v) is 11.7. The van der Waals surface area contributed by atoms with E-state index in [1.165, 1.54) is 6.20 Å². The van der Waals surface area contributed by atoms with Gasteiger partial charge in [0.05, 0.1) is 18.3 Å². The molecule has 1 N–H and O–H groups in total. The number of anilines is 1. The fraction of sp³-hybridized carbons (Fsp3) is 0.250. The van der Waals surface area contributed by atoms with Crippen molar-refractivity contribution >= 4 is 40.2 Å². The lowest BCUT2D eigenvalue weighted by molar-refractivity contribution is -0.130. The zero-order chi connectivity index (χ0) is 23.0. The Morgan fingerprint density at radius 3 is 2.48 bits per heavy atom. The molecule has 2 aromatic heterocycles. The average molecular weight is 557 g/mol. The number of nitrogens with one attached hydrogen (secondary N) is 1. The summed E-state index contributed by atoms with van der Waals surface area (Å²) in [6, 6.07) is 15.6. The van der Waals surface area contributed by atoms with Crippen LogP contribution >= 0.6 is 22.6 Å². The van der Waals surface area contributed by atoms with Gasteiger partial charge in [0.25, 0.3) is 5.91 Å². The maximum atomic E-state index is 12.5. The lowest BCUT2D eigenvalue weighted by Crippen LogP contribution is -2.51. The van der Waals surface area contributed by atoms with Gasteiger partial charge in [-0.2, -0.15) is 0 Å². The number of amides is 2. The van der Waals surface area contributed by atoms with E-state index in [9.17, 15) is 9.59 Å². The number of aromatic nitrogens is 2. The highest BCUT2D eigenvalue weighted by molar-refractivity contribution is 14.1. The maximum Gasteiger partial charge on any atom is 0.253 e. The van der Waals surface area contributed by atoms with Crippen LogP contribution in [0.5, 0.6) is 5.75 Å². The second-order valence-electron chi connectivity index (χ2n) is 7.57. The van der Waals surface area contributed by atoms with Gasteiger partial charge in [-0.15, -0.1) is 0 Å². The second kappa shape index (κ2) is 11.1. The van der Waals surface area contributed by atoms with E-state index in [0.29, 0.717) is 38.3 Å². The Morgan fingerprint density at radius 2 is 1.79 bits per heavy atom. The summed E-state index contributed by atoms with van der Waals surface area (Å²) in [7, 11) is 0. The molecule has 0 bridgehead atoms. The molecule has 3 aromatic rings. The fourth-order valence-corrected chi connectivity index (χ4v) is 3.97. The third kappa shape index (κ3) is 6.41. The van der Waals surface area contributed by atoms with Crippen molar-refractivity contribution in [3.8, 4) is 5.75 Å². The minimum absolute atomic E-state index is 0.0317. The van der Waals surface area contributed by atoms with Crippen LogP contribution in [0.15, 0.2) is 67.1 Å². The molecule has 0 spiro atoms. The van der Waals surface area contributed by atoms with Gasteiger partial charge in [0.15, 0.2) is 0 Å². The molecule has 0 atom stereocenters. The predicted molar refractivity (Wildman–Crippen MR) is 133 cm³/mol. The van der Waals surface area contributed by atoms with Crippen LogP contribution in [0.25, 0.3) is 0 Å². The number of piperazine rings is 1. The van der Waals surface area contributed by atoms with Crippen molar-refractivity contribution in [2.45, 2.75) is 6.61 Å². The first kappa shape index (κ1) is 23.0. The average Bonchev–Trinajstić information content (AvgIpc) is 2.87. The van der Waals surface area contributed by atoms with Crippen molar-refractivity contribution in [3.05, 3.63) is 81.8 Å². The summed E-state index contributed by atoms with van der Waals surface area (Å²) in [6.45, 7) is 2.98. The molecule has 170 valence electrons. The zero-order valence-corrected chi connectivity index (χ0v) is 20.1. The van der Waals surface area contributed by atoms with Crippen molar-refractivity contribution in [3.63, 3.8) is 0 Å². The van der Waals surface area contributed by atoms with Crippen molar-refractivity contribution in [2.24, 2.45) is 0 Å². The number of carbonyl (C=O) groups excluding carboxylic acids is 2. The van der Waals surface area contributed by atoms with Gasteiger partial charge in [-0.1, -0.05) is 30.3 Å². The van der Waals surface area contributed by atoms with Crippen LogP contribution in [-0.2, 0) is 11.4 Å². The Hall–Kier alpha value is -3.21. The molecule has 2 amide bonds. The molecular formula is C24H24IN5O3. The Bertz CT molecular complexity index is 1090. The summed E-state index contributed by atoms with van der Waals surface area (Å²) < 4.78 is 6.66. The number of hydrogen-bond donors (Lipinski definition) is 1. The Balaban J connectivity index is 1.22. The highest BCUT2D eigenvalue weighted by Crippen LogP contribution is 2.18. The molecular weight excluding hydrogens is 533 g/mol. The summed E-state index contributed by atoms with van der Waals surface area (Å²) >= 11 is 2.10. The van der Waals surface area contributed by atoms with Crippen molar-refractivity contribution in [1.29, 1.82) is 0 Å². The second-order valence-corrected chi connectivity index (χ2v) is 8.81. The lowest BCUT2D eigenvalue weighted by atomic mass is 10.2. The molecule has 0 unspecified atom stereocenters. The molecule has 1 aromatic carbocycles. The number of pyridine rings is 2. The van der Waals surface area contributed by atoms with E-state index in [-0.39, 0.29) is 18.4 Å². The first-order valence-electron chi connectivity index (χ1n) is 10.6. The topological polar surface area (TPSA) is 87.7 Å². The number of ether oxygens (including phenoxy) is 1. The quantitative estimate of drug-likeness (QED) is 0.450. The van der Waals surface area contributed by atoms with Gasteiger partial charge in [-0.05, 0) is 46.4 Å². The Kier molecular flexibility index (Phi) is 7.71. The van der Waals surface area contributed by atoms with Crippen LogP contribution in [-0.4, -0.2) is 59.4 Å². The molecule has 1 aliphatic rings. The van der Waals surface area contributed by atoms with Gasteiger partial charge >= 0.3 is 0 Å². The van der Waals surface area contributed by atoms with Gasteiger partial charge in [-0.3, -0.25) is 14.6 Å². The number of rotatable bonds is 7. The van der Waals surface area contributed by atoms with Crippen LogP contribution in [0.1, 0.15) is 15.9 Å². The van der Waals surface area contributed by atoms with E-state index in [1.807, 2.05) is 42.5 Å². The largest absolute Gasteiger partial charge is 0.487 e.